The molecule has 0 aliphatic heterocycles. The topological polar surface area (TPSA) is 35.5 Å². The lowest BCUT2D eigenvalue weighted by Gasteiger charge is -2.32. The van der Waals surface area contributed by atoms with Gasteiger partial charge in [0, 0.05) is 6.42 Å². The SMILES string of the molecule is CC(C)OP(=O)(OC(C)C)C(F)(F)CC1CCCCC1. The molecule has 0 spiro atoms. The molecule has 1 aliphatic rings. The summed E-state index contributed by atoms with van der Waals surface area (Å²) in [6.45, 7) is 6.36. The summed E-state index contributed by atoms with van der Waals surface area (Å²) in [4.78, 5) is 0. The Kier molecular flexibility index (Phi) is 6.62. The van der Waals surface area contributed by atoms with Gasteiger partial charge in [0.25, 0.3) is 0 Å². The van der Waals surface area contributed by atoms with Crippen LogP contribution in [0.4, 0.5) is 8.78 Å². The van der Waals surface area contributed by atoms with Crippen LogP contribution in [0.5, 0.6) is 0 Å². The first kappa shape index (κ1) is 18.1. The van der Waals surface area contributed by atoms with Gasteiger partial charge < -0.3 is 9.05 Å². The smallest absolute Gasteiger partial charge is 0.302 e. The zero-order valence-electron chi connectivity index (χ0n) is 12.9. The Morgan fingerprint density at radius 3 is 1.90 bits per heavy atom. The summed E-state index contributed by atoms with van der Waals surface area (Å²) in [6, 6.07) is 0. The van der Waals surface area contributed by atoms with Crippen LogP contribution in [-0.4, -0.2) is 17.9 Å². The molecule has 3 nitrogen and oxygen atoms in total. The highest BCUT2D eigenvalue weighted by atomic mass is 31.2. The van der Waals surface area contributed by atoms with Crippen molar-refractivity contribution in [2.45, 2.75) is 84.1 Å². The van der Waals surface area contributed by atoms with Gasteiger partial charge in [0.2, 0.25) is 0 Å². The minimum atomic E-state index is -4.43. The van der Waals surface area contributed by atoms with E-state index >= 15 is 0 Å². The fourth-order valence-corrected chi connectivity index (χ4v) is 4.53. The largest absolute Gasteiger partial charge is 0.400 e. The third-order valence-electron chi connectivity index (χ3n) is 3.36. The number of halogens is 2. The van der Waals surface area contributed by atoms with Gasteiger partial charge in [0.1, 0.15) is 0 Å². The molecule has 0 bridgehead atoms. The maximum Gasteiger partial charge on any atom is 0.400 e. The fourth-order valence-electron chi connectivity index (χ4n) is 2.58. The van der Waals surface area contributed by atoms with Crippen LogP contribution in [0.2, 0.25) is 0 Å². The Labute approximate surface area is 120 Å². The van der Waals surface area contributed by atoms with Gasteiger partial charge in [-0.25, -0.2) is 0 Å². The highest BCUT2D eigenvalue weighted by Gasteiger charge is 2.55. The van der Waals surface area contributed by atoms with Crippen LogP contribution in [0.3, 0.4) is 0 Å². The van der Waals surface area contributed by atoms with E-state index in [0.717, 1.165) is 32.1 Å². The van der Waals surface area contributed by atoms with Gasteiger partial charge in [-0.3, -0.25) is 4.57 Å². The number of rotatable bonds is 7. The quantitative estimate of drug-likeness (QED) is 0.575. The Morgan fingerprint density at radius 1 is 1.05 bits per heavy atom. The molecule has 0 atom stereocenters. The van der Waals surface area contributed by atoms with Gasteiger partial charge >= 0.3 is 13.3 Å². The third kappa shape index (κ3) is 5.09. The standard InChI is InChI=1S/C14H27F2O3P/c1-11(2)18-20(17,19-12(3)4)14(15,16)10-13-8-6-5-7-9-13/h11-13H,5-10H2,1-4H3. The summed E-state index contributed by atoms with van der Waals surface area (Å²) in [6.07, 6.45) is 3.09. The van der Waals surface area contributed by atoms with Crippen molar-refractivity contribution in [3.8, 4) is 0 Å². The molecular weight excluding hydrogens is 285 g/mol. The molecule has 0 aromatic carbocycles. The van der Waals surface area contributed by atoms with Crippen LogP contribution < -0.4 is 0 Å². The van der Waals surface area contributed by atoms with Gasteiger partial charge in [0.05, 0.1) is 12.2 Å². The van der Waals surface area contributed by atoms with Crippen molar-refractivity contribution >= 4 is 7.60 Å². The second-order valence-electron chi connectivity index (χ2n) is 6.18. The van der Waals surface area contributed by atoms with Crippen molar-refractivity contribution in [2.24, 2.45) is 5.92 Å². The van der Waals surface area contributed by atoms with Crippen molar-refractivity contribution in [3.63, 3.8) is 0 Å². The molecule has 0 N–H and O–H groups in total. The fraction of sp³-hybridized carbons (Fsp3) is 1.00. The molecule has 0 amide bonds. The minimum Gasteiger partial charge on any atom is -0.302 e. The van der Waals surface area contributed by atoms with Crippen molar-refractivity contribution in [1.82, 2.24) is 0 Å². The molecule has 120 valence electrons. The molecule has 6 heteroatoms. The van der Waals surface area contributed by atoms with E-state index in [1.807, 2.05) is 0 Å². The molecule has 1 fully saturated rings. The highest BCUT2D eigenvalue weighted by Crippen LogP contribution is 2.65. The second kappa shape index (κ2) is 7.33. The number of hydrogen-bond donors (Lipinski definition) is 0. The van der Waals surface area contributed by atoms with Crippen LogP contribution in [0.1, 0.15) is 66.2 Å². The lowest BCUT2D eigenvalue weighted by molar-refractivity contribution is -0.00119. The lowest BCUT2D eigenvalue weighted by atomic mass is 9.87. The Balaban J connectivity index is 2.82. The second-order valence-corrected chi connectivity index (χ2v) is 8.25. The van der Waals surface area contributed by atoms with Crippen LogP contribution in [-0.2, 0) is 13.6 Å². The summed E-state index contributed by atoms with van der Waals surface area (Å²) in [5.41, 5.74) is -3.41. The first-order valence-corrected chi connectivity index (χ1v) is 9.05. The molecular formula is C14H27F2O3P. The Hall–Kier alpha value is 0.01000. The molecule has 1 rings (SSSR count). The molecule has 1 saturated carbocycles. The average Bonchev–Trinajstić information content (AvgIpc) is 2.27. The monoisotopic (exact) mass is 312 g/mol. The number of hydrogen-bond acceptors (Lipinski definition) is 3. The van der Waals surface area contributed by atoms with Crippen molar-refractivity contribution in [3.05, 3.63) is 0 Å². The van der Waals surface area contributed by atoms with Crippen LogP contribution >= 0.6 is 7.60 Å². The van der Waals surface area contributed by atoms with E-state index in [1.54, 1.807) is 27.7 Å². The van der Waals surface area contributed by atoms with Crippen molar-refractivity contribution < 1.29 is 22.4 Å². The summed E-state index contributed by atoms with van der Waals surface area (Å²) in [7, 11) is -4.43. The van der Waals surface area contributed by atoms with Crippen LogP contribution in [0.25, 0.3) is 0 Å². The van der Waals surface area contributed by atoms with E-state index in [0.29, 0.717) is 0 Å². The van der Waals surface area contributed by atoms with Gasteiger partial charge in [0.15, 0.2) is 0 Å². The van der Waals surface area contributed by atoms with Gasteiger partial charge in [-0.2, -0.15) is 8.78 Å². The lowest BCUT2D eigenvalue weighted by Crippen LogP contribution is -2.27. The average molecular weight is 312 g/mol. The van der Waals surface area contributed by atoms with Crippen molar-refractivity contribution in [1.29, 1.82) is 0 Å². The van der Waals surface area contributed by atoms with E-state index in [4.69, 9.17) is 9.05 Å². The van der Waals surface area contributed by atoms with Gasteiger partial charge in [-0.15, -0.1) is 0 Å². The summed E-state index contributed by atoms with van der Waals surface area (Å²) in [5.74, 6) is -0.0846. The molecule has 1 aliphatic carbocycles. The summed E-state index contributed by atoms with van der Waals surface area (Å²) < 4.78 is 51.5. The third-order valence-corrected chi connectivity index (χ3v) is 5.74. The first-order chi connectivity index (χ1) is 9.16. The normalized spacial score (nSPS) is 19.0. The molecule has 0 radical (unpaired) electrons. The first-order valence-electron chi connectivity index (χ1n) is 7.51. The highest BCUT2D eigenvalue weighted by molar-refractivity contribution is 7.55. The molecule has 0 aromatic heterocycles. The zero-order chi connectivity index (χ0) is 15.4. The van der Waals surface area contributed by atoms with E-state index < -0.39 is 31.9 Å². The maximum absolute atomic E-state index is 14.5. The predicted molar refractivity (Wildman–Crippen MR) is 76.2 cm³/mol. The van der Waals surface area contributed by atoms with E-state index in [1.165, 1.54) is 0 Å². The number of alkyl halides is 2. The van der Waals surface area contributed by atoms with E-state index in [-0.39, 0.29) is 5.92 Å². The molecule has 0 saturated heterocycles. The molecule has 0 heterocycles. The van der Waals surface area contributed by atoms with Gasteiger partial charge in [-0.1, -0.05) is 32.1 Å². The molecule has 0 unspecified atom stereocenters. The van der Waals surface area contributed by atoms with Crippen molar-refractivity contribution in [2.75, 3.05) is 0 Å². The van der Waals surface area contributed by atoms with E-state index in [9.17, 15) is 13.3 Å². The van der Waals surface area contributed by atoms with Gasteiger partial charge in [-0.05, 0) is 33.6 Å². The summed E-state index contributed by atoms with van der Waals surface area (Å²) in [5, 5.41) is 0. The predicted octanol–water partition coefficient (Wildman–Crippen LogP) is 5.59. The Morgan fingerprint density at radius 2 is 1.50 bits per heavy atom. The zero-order valence-corrected chi connectivity index (χ0v) is 13.8. The Bertz CT molecular complexity index is 325. The van der Waals surface area contributed by atoms with Crippen LogP contribution in [0.15, 0.2) is 0 Å². The minimum absolute atomic E-state index is 0.0846. The van der Waals surface area contributed by atoms with Crippen LogP contribution in [0, 0.1) is 5.92 Å². The molecule has 0 aromatic rings. The summed E-state index contributed by atoms with van der Waals surface area (Å²) >= 11 is 0. The van der Waals surface area contributed by atoms with E-state index in [2.05, 4.69) is 0 Å². The maximum atomic E-state index is 14.5. The molecule has 20 heavy (non-hydrogen) atoms.